The Morgan fingerprint density at radius 2 is 2.41 bits per heavy atom. The summed E-state index contributed by atoms with van der Waals surface area (Å²) in [6.45, 7) is 0.163. The number of hydrogen-bond donors (Lipinski definition) is 3. The van der Waals surface area contributed by atoms with Gasteiger partial charge in [0.25, 0.3) is 5.91 Å². The predicted octanol–water partition coefficient (Wildman–Crippen LogP) is 0.753. The van der Waals surface area contributed by atoms with E-state index in [-0.39, 0.29) is 18.6 Å². The van der Waals surface area contributed by atoms with Crippen molar-refractivity contribution >= 4 is 11.7 Å². The monoisotopic (exact) mass is 235 g/mol. The molecule has 1 fully saturated rings. The lowest BCUT2D eigenvalue weighted by atomic mass is 10.0. The number of aromatic nitrogens is 1. The quantitative estimate of drug-likeness (QED) is 0.718. The number of hydrogen-bond acceptors (Lipinski definition) is 4. The van der Waals surface area contributed by atoms with E-state index in [9.17, 15) is 9.90 Å². The fourth-order valence-electron chi connectivity index (χ4n) is 2.34. The third-order valence-electron chi connectivity index (χ3n) is 3.29. The van der Waals surface area contributed by atoms with Crippen molar-refractivity contribution in [3.8, 4) is 0 Å². The number of aliphatic hydroxyl groups is 1. The van der Waals surface area contributed by atoms with Gasteiger partial charge in [0, 0.05) is 24.8 Å². The molecule has 0 bridgehead atoms. The van der Waals surface area contributed by atoms with Crippen LogP contribution >= 0.6 is 0 Å². The SMILES string of the molecule is NC(=O)c1cccnc1NC1CCCC1CO. The van der Waals surface area contributed by atoms with Crippen molar-refractivity contribution in [3.63, 3.8) is 0 Å². The Kier molecular flexibility index (Phi) is 3.58. The molecule has 0 aromatic carbocycles. The number of primary amides is 1. The smallest absolute Gasteiger partial charge is 0.252 e. The molecule has 0 saturated heterocycles. The number of nitrogens with zero attached hydrogens (tertiary/aromatic N) is 1. The van der Waals surface area contributed by atoms with Gasteiger partial charge in [0.15, 0.2) is 0 Å². The zero-order chi connectivity index (χ0) is 12.3. The first kappa shape index (κ1) is 11.9. The molecule has 5 nitrogen and oxygen atoms in total. The van der Waals surface area contributed by atoms with E-state index in [1.165, 1.54) is 0 Å². The normalized spacial score (nSPS) is 23.6. The molecule has 2 atom stereocenters. The van der Waals surface area contributed by atoms with Crippen molar-refractivity contribution in [3.05, 3.63) is 23.9 Å². The molecular weight excluding hydrogens is 218 g/mol. The molecule has 1 amide bonds. The lowest BCUT2D eigenvalue weighted by Gasteiger charge is -2.20. The summed E-state index contributed by atoms with van der Waals surface area (Å²) < 4.78 is 0. The van der Waals surface area contributed by atoms with E-state index in [0.717, 1.165) is 19.3 Å². The number of carbonyl (C=O) groups excluding carboxylic acids is 1. The average Bonchev–Trinajstić information content (AvgIpc) is 2.77. The minimum atomic E-state index is -0.487. The Morgan fingerprint density at radius 3 is 3.12 bits per heavy atom. The van der Waals surface area contributed by atoms with Crippen molar-refractivity contribution in [1.82, 2.24) is 4.98 Å². The maximum atomic E-state index is 11.2. The van der Waals surface area contributed by atoms with E-state index in [2.05, 4.69) is 10.3 Å². The molecule has 1 saturated carbocycles. The largest absolute Gasteiger partial charge is 0.396 e. The van der Waals surface area contributed by atoms with E-state index in [4.69, 9.17) is 5.73 Å². The van der Waals surface area contributed by atoms with Crippen LogP contribution in [0.3, 0.4) is 0 Å². The number of pyridine rings is 1. The number of nitrogens with two attached hydrogens (primary N) is 1. The summed E-state index contributed by atoms with van der Waals surface area (Å²) >= 11 is 0. The highest BCUT2D eigenvalue weighted by Crippen LogP contribution is 2.28. The van der Waals surface area contributed by atoms with Crippen LogP contribution in [0.5, 0.6) is 0 Å². The van der Waals surface area contributed by atoms with Crippen LogP contribution in [0.4, 0.5) is 5.82 Å². The molecule has 1 aromatic heterocycles. The summed E-state index contributed by atoms with van der Waals surface area (Å²) in [6, 6.07) is 3.51. The molecule has 1 heterocycles. The van der Waals surface area contributed by atoms with Crippen molar-refractivity contribution in [2.75, 3.05) is 11.9 Å². The standard InChI is InChI=1S/C12H17N3O2/c13-11(17)9-4-2-6-14-12(9)15-10-5-1-3-8(10)7-16/h2,4,6,8,10,16H,1,3,5,7H2,(H2,13,17)(H,14,15). The summed E-state index contributed by atoms with van der Waals surface area (Å²) in [5, 5.41) is 12.5. The van der Waals surface area contributed by atoms with E-state index >= 15 is 0 Å². The number of rotatable bonds is 4. The van der Waals surface area contributed by atoms with E-state index in [0.29, 0.717) is 11.4 Å². The van der Waals surface area contributed by atoms with Crippen LogP contribution in [-0.4, -0.2) is 28.6 Å². The van der Waals surface area contributed by atoms with Gasteiger partial charge in [-0.3, -0.25) is 4.79 Å². The zero-order valence-corrected chi connectivity index (χ0v) is 9.60. The van der Waals surface area contributed by atoms with E-state index in [1.807, 2.05) is 0 Å². The number of amides is 1. The van der Waals surface area contributed by atoms with Crippen molar-refractivity contribution in [2.45, 2.75) is 25.3 Å². The summed E-state index contributed by atoms with van der Waals surface area (Å²) in [5.74, 6) is 0.266. The van der Waals surface area contributed by atoms with Crippen LogP contribution in [0.25, 0.3) is 0 Å². The molecule has 2 unspecified atom stereocenters. The number of carbonyl (C=O) groups is 1. The first-order chi connectivity index (χ1) is 8.22. The lowest BCUT2D eigenvalue weighted by molar-refractivity contribution is 0.100. The van der Waals surface area contributed by atoms with Crippen molar-refractivity contribution < 1.29 is 9.90 Å². The summed E-state index contributed by atoms with van der Waals surface area (Å²) in [5.41, 5.74) is 5.69. The first-order valence-electron chi connectivity index (χ1n) is 5.84. The Morgan fingerprint density at radius 1 is 1.59 bits per heavy atom. The fourth-order valence-corrected chi connectivity index (χ4v) is 2.34. The van der Waals surface area contributed by atoms with Gasteiger partial charge >= 0.3 is 0 Å². The summed E-state index contributed by atoms with van der Waals surface area (Å²) in [4.78, 5) is 15.4. The summed E-state index contributed by atoms with van der Waals surface area (Å²) in [7, 11) is 0. The van der Waals surface area contributed by atoms with Crippen LogP contribution in [0.15, 0.2) is 18.3 Å². The molecule has 0 aliphatic heterocycles. The highest BCUT2D eigenvalue weighted by Gasteiger charge is 2.27. The van der Waals surface area contributed by atoms with Crippen LogP contribution in [0.2, 0.25) is 0 Å². The molecule has 0 radical (unpaired) electrons. The fraction of sp³-hybridized carbons (Fsp3) is 0.500. The topological polar surface area (TPSA) is 88.2 Å². The average molecular weight is 235 g/mol. The Bertz CT molecular complexity index is 408. The number of aliphatic hydroxyl groups excluding tert-OH is 1. The molecular formula is C12H17N3O2. The molecule has 17 heavy (non-hydrogen) atoms. The Labute approximate surface area is 100 Å². The van der Waals surface area contributed by atoms with Gasteiger partial charge in [0.1, 0.15) is 5.82 Å². The third kappa shape index (κ3) is 2.55. The lowest BCUT2D eigenvalue weighted by Crippen LogP contribution is -2.28. The second kappa shape index (κ2) is 5.14. The van der Waals surface area contributed by atoms with Gasteiger partial charge in [-0.2, -0.15) is 0 Å². The van der Waals surface area contributed by atoms with E-state index in [1.54, 1.807) is 18.3 Å². The highest BCUT2D eigenvalue weighted by molar-refractivity contribution is 5.97. The first-order valence-corrected chi connectivity index (χ1v) is 5.84. The molecule has 4 N–H and O–H groups in total. The maximum absolute atomic E-state index is 11.2. The number of anilines is 1. The van der Waals surface area contributed by atoms with Crippen LogP contribution in [0.1, 0.15) is 29.6 Å². The Hall–Kier alpha value is -1.62. The van der Waals surface area contributed by atoms with Gasteiger partial charge in [-0.25, -0.2) is 4.98 Å². The van der Waals surface area contributed by atoms with E-state index < -0.39 is 5.91 Å². The van der Waals surface area contributed by atoms with Gasteiger partial charge in [0.2, 0.25) is 0 Å². The van der Waals surface area contributed by atoms with Gasteiger partial charge < -0.3 is 16.2 Å². The second-order valence-corrected chi connectivity index (χ2v) is 4.39. The van der Waals surface area contributed by atoms with Crippen molar-refractivity contribution in [2.24, 2.45) is 11.7 Å². The second-order valence-electron chi connectivity index (χ2n) is 4.39. The summed E-state index contributed by atoms with van der Waals surface area (Å²) in [6.07, 6.45) is 4.70. The van der Waals surface area contributed by atoms with Gasteiger partial charge in [-0.15, -0.1) is 0 Å². The molecule has 2 rings (SSSR count). The predicted molar refractivity (Wildman–Crippen MR) is 64.6 cm³/mol. The molecule has 1 aliphatic carbocycles. The van der Waals surface area contributed by atoms with Gasteiger partial charge in [-0.05, 0) is 25.0 Å². The van der Waals surface area contributed by atoms with Crippen LogP contribution < -0.4 is 11.1 Å². The number of nitrogens with one attached hydrogen (secondary N) is 1. The molecule has 0 spiro atoms. The third-order valence-corrected chi connectivity index (χ3v) is 3.29. The zero-order valence-electron chi connectivity index (χ0n) is 9.60. The minimum Gasteiger partial charge on any atom is -0.396 e. The highest BCUT2D eigenvalue weighted by atomic mass is 16.3. The maximum Gasteiger partial charge on any atom is 0.252 e. The Balaban J connectivity index is 2.15. The van der Waals surface area contributed by atoms with Crippen LogP contribution in [0, 0.1) is 5.92 Å². The minimum absolute atomic E-state index is 0.163. The van der Waals surface area contributed by atoms with Gasteiger partial charge in [-0.1, -0.05) is 6.42 Å². The van der Waals surface area contributed by atoms with Gasteiger partial charge in [0.05, 0.1) is 5.56 Å². The molecule has 1 aliphatic rings. The molecule has 5 heteroatoms. The van der Waals surface area contributed by atoms with Crippen LogP contribution in [-0.2, 0) is 0 Å². The van der Waals surface area contributed by atoms with Crippen molar-refractivity contribution in [1.29, 1.82) is 0 Å². The molecule has 1 aromatic rings. The molecule has 92 valence electrons.